The summed E-state index contributed by atoms with van der Waals surface area (Å²) in [6.45, 7) is 5.35. The first kappa shape index (κ1) is 13.6. The first-order valence-corrected chi connectivity index (χ1v) is 7.53. The molecule has 0 saturated heterocycles. The van der Waals surface area contributed by atoms with Gasteiger partial charge < -0.3 is 10.3 Å². The summed E-state index contributed by atoms with van der Waals surface area (Å²) >= 11 is 0. The van der Waals surface area contributed by atoms with E-state index >= 15 is 0 Å². The van der Waals surface area contributed by atoms with Crippen LogP contribution in [-0.4, -0.2) is 16.1 Å². The predicted molar refractivity (Wildman–Crippen MR) is 75.6 cm³/mol. The second-order valence-corrected chi connectivity index (χ2v) is 5.59. The normalized spacial score (nSPS) is 24.7. The molecule has 0 bridgehead atoms. The summed E-state index contributed by atoms with van der Waals surface area (Å²) in [5.41, 5.74) is 7.38. The highest BCUT2D eigenvalue weighted by atomic mass is 15.1. The van der Waals surface area contributed by atoms with Crippen LogP contribution in [0, 0.1) is 5.92 Å². The van der Waals surface area contributed by atoms with E-state index in [-0.39, 0.29) is 0 Å². The Morgan fingerprint density at radius 1 is 1.33 bits per heavy atom. The molecule has 1 fully saturated rings. The Morgan fingerprint density at radius 2 is 2.06 bits per heavy atom. The molecule has 0 amide bonds. The highest BCUT2D eigenvalue weighted by Gasteiger charge is 2.27. The van der Waals surface area contributed by atoms with Crippen LogP contribution in [-0.2, 0) is 0 Å². The van der Waals surface area contributed by atoms with Crippen LogP contribution in [0.5, 0.6) is 0 Å². The zero-order valence-electron chi connectivity index (χ0n) is 11.8. The SMILES string of the molecule is CCC(CC)c1cncn1C1CCCCC1CN. The molecule has 2 rings (SSSR count). The Morgan fingerprint density at radius 3 is 2.72 bits per heavy atom. The fourth-order valence-corrected chi connectivity index (χ4v) is 3.44. The number of aromatic nitrogens is 2. The van der Waals surface area contributed by atoms with Crippen molar-refractivity contribution in [2.75, 3.05) is 6.54 Å². The summed E-state index contributed by atoms with van der Waals surface area (Å²) in [6.07, 6.45) is 11.7. The zero-order chi connectivity index (χ0) is 13.0. The molecular formula is C15H27N3. The first-order chi connectivity index (χ1) is 8.81. The lowest BCUT2D eigenvalue weighted by Gasteiger charge is -2.33. The number of hydrogen-bond donors (Lipinski definition) is 1. The third-order valence-electron chi connectivity index (χ3n) is 4.63. The number of imidazole rings is 1. The smallest absolute Gasteiger partial charge is 0.0950 e. The summed E-state index contributed by atoms with van der Waals surface area (Å²) in [4.78, 5) is 4.41. The Balaban J connectivity index is 2.23. The van der Waals surface area contributed by atoms with E-state index in [0.717, 1.165) is 6.54 Å². The van der Waals surface area contributed by atoms with Gasteiger partial charge in [-0.25, -0.2) is 4.98 Å². The molecule has 0 spiro atoms. The molecule has 18 heavy (non-hydrogen) atoms. The summed E-state index contributed by atoms with van der Waals surface area (Å²) in [6, 6.07) is 0.585. The van der Waals surface area contributed by atoms with Crippen molar-refractivity contribution in [3.8, 4) is 0 Å². The minimum Gasteiger partial charge on any atom is -0.331 e. The van der Waals surface area contributed by atoms with E-state index in [9.17, 15) is 0 Å². The molecule has 3 heteroatoms. The molecule has 1 aromatic rings. The van der Waals surface area contributed by atoms with Crippen LogP contribution in [0.4, 0.5) is 0 Å². The zero-order valence-corrected chi connectivity index (χ0v) is 11.8. The van der Waals surface area contributed by atoms with Gasteiger partial charge in [0.05, 0.1) is 6.33 Å². The average molecular weight is 249 g/mol. The van der Waals surface area contributed by atoms with Crippen LogP contribution in [0.2, 0.25) is 0 Å². The average Bonchev–Trinajstić information content (AvgIpc) is 2.89. The number of nitrogens with zero attached hydrogens (tertiary/aromatic N) is 2. The highest BCUT2D eigenvalue weighted by molar-refractivity contribution is 5.08. The van der Waals surface area contributed by atoms with Crippen LogP contribution in [0.15, 0.2) is 12.5 Å². The van der Waals surface area contributed by atoms with Crippen molar-refractivity contribution in [3.63, 3.8) is 0 Å². The fraction of sp³-hybridized carbons (Fsp3) is 0.800. The van der Waals surface area contributed by atoms with Crippen LogP contribution in [0.3, 0.4) is 0 Å². The Kier molecular flexibility index (Phi) is 4.81. The van der Waals surface area contributed by atoms with Gasteiger partial charge in [-0.2, -0.15) is 0 Å². The van der Waals surface area contributed by atoms with Gasteiger partial charge in [-0.1, -0.05) is 26.7 Å². The molecule has 2 N–H and O–H groups in total. The molecule has 1 aliphatic rings. The van der Waals surface area contributed by atoms with Gasteiger partial charge in [0.1, 0.15) is 0 Å². The minimum absolute atomic E-state index is 0.585. The lowest BCUT2D eigenvalue weighted by Crippen LogP contribution is -2.30. The van der Waals surface area contributed by atoms with Crippen LogP contribution in [0.25, 0.3) is 0 Å². The molecule has 2 atom stereocenters. The van der Waals surface area contributed by atoms with Gasteiger partial charge in [0.25, 0.3) is 0 Å². The second kappa shape index (κ2) is 6.37. The summed E-state index contributed by atoms with van der Waals surface area (Å²) < 4.78 is 2.44. The number of rotatable bonds is 5. The van der Waals surface area contributed by atoms with Gasteiger partial charge >= 0.3 is 0 Å². The van der Waals surface area contributed by atoms with Crippen molar-refractivity contribution in [2.24, 2.45) is 11.7 Å². The maximum atomic E-state index is 5.96. The van der Waals surface area contributed by atoms with E-state index in [4.69, 9.17) is 5.73 Å². The Bertz CT molecular complexity index is 354. The second-order valence-electron chi connectivity index (χ2n) is 5.59. The quantitative estimate of drug-likeness (QED) is 0.868. The van der Waals surface area contributed by atoms with Crippen molar-refractivity contribution < 1.29 is 0 Å². The van der Waals surface area contributed by atoms with E-state index < -0.39 is 0 Å². The van der Waals surface area contributed by atoms with Gasteiger partial charge in [0.15, 0.2) is 0 Å². The van der Waals surface area contributed by atoms with E-state index in [1.807, 2.05) is 6.33 Å². The molecule has 0 aromatic carbocycles. The van der Waals surface area contributed by atoms with E-state index in [1.54, 1.807) is 0 Å². The van der Waals surface area contributed by atoms with E-state index in [0.29, 0.717) is 17.9 Å². The van der Waals surface area contributed by atoms with Gasteiger partial charge in [-0.15, -0.1) is 0 Å². The Hall–Kier alpha value is -0.830. The Labute approximate surface area is 111 Å². The summed E-state index contributed by atoms with van der Waals surface area (Å²) in [5, 5.41) is 0. The van der Waals surface area contributed by atoms with Gasteiger partial charge in [-0.05, 0) is 38.1 Å². The standard InChI is InChI=1S/C15H27N3/c1-3-12(4-2)15-10-17-11-18(15)14-8-6-5-7-13(14)9-16/h10-14H,3-9,16H2,1-2H3. The third kappa shape index (κ3) is 2.61. The molecule has 102 valence electrons. The molecule has 1 aromatic heterocycles. The largest absolute Gasteiger partial charge is 0.331 e. The molecule has 0 radical (unpaired) electrons. The van der Waals surface area contributed by atoms with Crippen molar-refractivity contribution in [1.29, 1.82) is 0 Å². The number of nitrogens with two attached hydrogens (primary N) is 1. The number of hydrogen-bond acceptors (Lipinski definition) is 2. The molecule has 3 nitrogen and oxygen atoms in total. The fourth-order valence-electron chi connectivity index (χ4n) is 3.44. The molecule has 2 unspecified atom stereocenters. The van der Waals surface area contributed by atoms with E-state index in [1.165, 1.54) is 44.2 Å². The minimum atomic E-state index is 0.585. The maximum absolute atomic E-state index is 5.96. The van der Waals surface area contributed by atoms with Crippen molar-refractivity contribution in [3.05, 3.63) is 18.2 Å². The van der Waals surface area contributed by atoms with Crippen LogP contribution >= 0.6 is 0 Å². The molecule has 1 saturated carbocycles. The molecule has 1 heterocycles. The van der Waals surface area contributed by atoms with Crippen molar-refractivity contribution >= 4 is 0 Å². The van der Waals surface area contributed by atoms with E-state index in [2.05, 4.69) is 29.6 Å². The topological polar surface area (TPSA) is 43.8 Å². The first-order valence-electron chi connectivity index (χ1n) is 7.53. The highest BCUT2D eigenvalue weighted by Crippen LogP contribution is 2.36. The molecular weight excluding hydrogens is 222 g/mol. The molecule has 1 aliphatic carbocycles. The summed E-state index contributed by atoms with van der Waals surface area (Å²) in [5.74, 6) is 1.29. The third-order valence-corrected chi connectivity index (χ3v) is 4.63. The van der Waals surface area contributed by atoms with Gasteiger partial charge in [-0.3, -0.25) is 0 Å². The lowest BCUT2D eigenvalue weighted by molar-refractivity contribution is 0.238. The van der Waals surface area contributed by atoms with Crippen molar-refractivity contribution in [1.82, 2.24) is 9.55 Å². The maximum Gasteiger partial charge on any atom is 0.0950 e. The predicted octanol–water partition coefficient (Wildman–Crippen LogP) is 3.48. The molecule has 0 aliphatic heterocycles. The van der Waals surface area contributed by atoms with Crippen LogP contribution < -0.4 is 5.73 Å². The van der Waals surface area contributed by atoms with Gasteiger partial charge in [0, 0.05) is 23.9 Å². The van der Waals surface area contributed by atoms with Crippen LogP contribution in [0.1, 0.15) is 70.0 Å². The van der Waals surface area contributed by atoms with Crippen molar-refractivity contribution in [2.45, 2.75) is 64.3 Å². The lowest BCUT2D eigenvalue weighted by atomic mass is 9.84. The van der Waals surface area contributed by atoms with Gasteiger partial charge in [0.2, 0.25) is 0 Å². The monoisotopic (exact) mass is 249 g/mol. The summed E-state index contributed by atoms with van der Waals surface area (Å²) in [7, 11) is 0.